The third-order valence-electron chi connectivity index (χ3n) is 3.97. The van der Waals surface area contributed by atoms with Crippen molar-refractivity contribution in [3.8, 4) is 0 Å². The Balaban J connectivity index is 1.98. The van der Waals surface area contributed by atoms with Crippen molar-refractivity contribution in [2.45, 2.75) is 57.4 Å². The van der Waals surface area contributed by atoms with E-state index in [-0.39, 0.29) is 5.54 Å². The van der Waals surface area contributed by atoms with E-state index in [0.29, 0.717) is 0 Å². The van der Waals surface area contributed by atoms with Crippen molar-refractivity contribution in [2.24, 2.45) is 18.7 Å². The summed E-state index contributed by atoms with van der Waals surface area (Å²) in [5.41, 5.74) is 6.38. The molecular formula is C12H23N5. The van der Waals surface area contributed by atoms with Gasteiger partial charge in [0.05, 0.1) is 7.05 Å². The van der Waals surface area contributed by atoms with E-state index in [0.717, 1.165) is 31.0 Å². The molecule has 1 aromatic rings. The van der Waals surface area contributed by atoms with Crippen molar-refractivity contribution in [1.29, 1.82) is 0 Å². The van der Waals surface area contributed by atoms with E-state index in [1.54, 1.807) is 7.05 Å². The number of aromatic nitrogens is 4. The molecule has 0 aliphatic heterocycles. The fraction of sp³-hybridized carbons (Fsp3) is 0.917. The fourth-order valence-corrected chi connectivity index (χ4v) is 2.80. The minimum absolute atomic E-state index is 0.118. The molecular weight excluding hydrogens is 214 g/mol. The molecule has 1 aromatic heterocycles. The van der Waals surface area contributed by atoms with Crippen LogP contribution < -0.4 is 5.73 Å². The second-order valence-electron chi connectivity index (χ2n) is 5.44. The molecule has 0 radical (unpaired) electrons. The summed E-state index contributed by atoms with van der Waals surface area (Å²) in [5, 5.41) is 12.1. The Hall–Kier alpha value is -0.970. The Bertz CT molecular complexity index is 362. The average Bonchev–Trinajstić information content (AvgIpc) is 2.59. The van der Waals surface area contributed by atoms with Crippen molar-refractivity contribution in [2.75, 3.05) is 0 Å². The van der Waals surface area contributed by atoms with Gasteiger partial charge in [-0.15, -0.1) is 10.2 Å². The standard InChI is InChI=1S/C12H23N5/c1-3-10-5-4-7-12(13,8-6-10)9-11-14-16-17(2)15-11/h10H,3-9,13H2,1-2H3. The Kier molecular flexibility index (Phi) is 3.76. The van der Waals surface area contributed by atoms with Gasteiger partial charge in [0, 0.05) is 12.0 Å². The van der Waals surface area contributed by atoms with E-state index in [9.17, 15) is 0 Å². The van der Waals surface area contributed by atoms with Gasteiger partial charge >= 0.3 is 0 Å². The molecule has 2 N–H and O–H groups in total. The van der Waals surface area contributed by atoms with Crippen LogP contribution in [0.3, 0.4) is 0 Å². The van der Waals surface area contributed by atoms with Crippen LogP contribution in [0.1, 0.15) is 51.3 Å². The van der Waals surface area contributed by atoms with Gasteiger partial charge in [-0.2, -0.15) is 4.80 Å². The molecule has 96 valence electrons. The molecule has 2 unspecified atom stereocenters. The van der Waals surface area contributed by atoms with Crippen molar-refractivity contribution < 1.29 is 0 Å². The predicted molar refractivity (Wildman–Crippen MR) is 66.3 cm³/mol. The quantitative estimate of drug-likeness (QED) is 0.808. The van der Waals surface area contributed by atoms with Crippen LogP contribution in [0.15, 0.2) is 0 Å². The van der Waals surface area contributed by atoms with E-state index < -0.39 is 0 Å². The minimum Gasteiger partial charge on any atom is -0.325 e. The summed E-state index contributed by atoms with van der Waals surface area (Å²) in [6, 6.07) is 0. The maximum atomic E-state index is 6.50. The summed E-state index contributed by atoms with van der Waals surface area (Å²) in [5.74, 6) is 1.64. The van der Waals surface area contributed by atoms with Crippen LogP contribution in [0.2, 0.25) is 0 Å². The molecule has 2 atom stereocenters. The number of rotatable bonds is 3. The molecule has 2 rings (SSSR count). The SMILES string of the molecule is CCC1CCCC(N)(Cc2nnn(C)n2)CC1. The molecule has 1 heterocycles. The third kappa shape index (κ3) is 3.25. The molecule has 1 aliphatic carbocycles. The molecule has 5 heteroatoms. The lowest BCUT2D eigenvalue weighted by Gasteiger charge is -2.26. The van der Waals surface area contributed by atoms with E-state index in [1.165, 1.54) is 30.5 Å². The van der Waals surface area contributed by atoms with Gasteiger partial charge in [-0.1, -0.05) is 26.2 Å². The maximum absolute atomic E-state index is 6.50. The fourth-order valence-electron chi connectivity index (χ4n) is 2.80. The zero-order valence-corrected chi connectivity index (χ0v) is 10.9. The van der Waals surface area contributed by atoms with Gasteiger partial charge < -0.3 is 5.73 Å². The van der Waals surface area contributed by atoms with Crippen LogP contribution in [0.4, 0.5) is 0 Å². The molecule has 0 amide bonds. The highest BCUT2D eigenvalue weighted by Crippen LogP contribution is 2.31. The monoisotopic (exact) mass is 237 g/mol. The molecule has 5 nitrogen and oxygen atoms in total. The van der Waals surface area contributed by atoms with Crippen molar-refractivity contribution >= 4 is 0 Å². The minimum atomic E-state index is -0.118. The second-order valence-corrected chi connectivity index (χ2v) is 5.44. The smallest absolute Gasteiger partial charge is 0.176 e. The highest BCUT2D eigenvalue weighted by Gasteiger charge is 2.30. The van der Waals surface area contributed by atoms with Crippen LogP contribution in [-0.2, 0) is 13.5 Å². The molecule has 1 fully saturated rings. The number of nitrogens with two attached hydrogens (primary N) is 1. The van der Waals surface area contributed by atoms with Crippen LogP contribution in [0.5, 0.6) is 0 Å². The van der Waals surface area contributed by atoms with Gasteiger partial charge in [-0.05, 0) is 30.4 Å². The first kappa shape index (κ1) is 12.5. The number of hydrogen-bond acceptors (Lipinski definition) is 4. The summed E-state index contributed by atoms with van der Waals surface area (Å²) < 4.78 is 0. The third-order valence-corrected chi connectivity index (χ3v) is 3.97. The summed E-state index contributed by atoms with van der Waals surface area (Å²) in [7, 11) is 1.79. The molecule has 0 saturated heterocycles. The highest BCUT2D eigenvalue weighted by molar-refractivity contribution is 4.96. The number of hydrogen-bond donors (Lipinski definition) is 1. The van der Waals surface area contributed by atoms with Crippen molar-refractivity contribution in [3.63, 3.8) is 0 Å². The Morgan fingerprint density at radius 3 is 2.88 bits per heavy atom. The van der Waals surface area contributed by atoms with Gasteiger partial charge in [-0.25, -0.2) is 0 Å². The Labute approximate surface area is 103 Å². The van der Waals surface area contributed by atoms with E-state index >= 15 is 0 Å². The molecule has 0 aromatic carbocycles. The largest absolute Gasteiger partial charge is 0.325 e. The zero-order chi connectivity index (χ0) is 12.3. The molecule has 0 spiro atoms. The second kappa shape index (κ2) is 5.12. The molecule has 1 aliphatic rings. The lowest BCUT2D eigenvalue weighted by Crippen LogP contribution is -2.42. The summed E-state index contributed by atoms with van der Waals surface area (Å²) in [6.07, 6.45) is 8.01. The number of nitrogens with zero attached hydrogens (tertiary/aromatic N) is 4. The molecule has 1 saturated carbocycles. The Morgan fingerprint density at radius 2 is 2.24 bits per heavy atom. The molecule has 17 heavy (non-hydrogen) atoms. The van der Waals surface area contributed by atoms with E-state index in [2.05, 4.69) is 22.3 Å². The van der Waals surface area contributed by atoms with E-state index in [4.69, 9.17) is 5.73 Å². The lowest BCUT2D eigenvalue weighted by atomic mass is 9.87. The van der Waals surface area contributed by atoms with Gasteiger partial charge in [-0.3, -0.25) is 0 Å². The van der Waals surface area contributed by atoms with Crippen LogP contribution in [0, 0.1) is 5.92 Å². The molecule has 0 bridgehead atoms. The van der Waals surface area contributed by atoms with Gasteiger partial charge in [0.2, 0.25) is 0 Å². The average molecular weight is 237 g/mol. The number of tetrazole rings is 1. The first-order valence-electron chi connectivity index (χ1n) is 6.63. The first-order valence-corrected chi connectivity index (χ1v) is 6.63. The summed E-state index contributed by atoms with van der Waals surface area (Å²) in [6.45, 7) is 2.28. The van der Waals surface area contributed by atoms with Gasteiger partial charge in [0.1, 0.15) is 0 Å². The summed E-state index contributed by atoms with van der Waals surface area (Å²) in [4.78, 5) is 1.50. The Morgan fingerprint density at radius 1 is 1.41 bits per heavy atom. The van der Waals surface area contributed by atoms with Crippen molar-refractivity contribution in [3.05, 3.63) is 5.82 Å². The maximum Gasteiger partial charge on any atom is 0.176 e. The van der Waals surface area contributed by atoms with Gasteiger partial charge in [0.15, 0.2) is 5.82 Å². The topological polar surface area (TPSA) is 69.6 Å². The van der Waals surface area contributed by atoms with Crippen LogP contribution in [-0.4, -0.2) is 25.7 Å². The van der Waals surface area contributed by atoms with Crippen LogP contribution in [0.25, 0.3) is 0 Å². The normalized spacial score (nSPS) is 30.2. The van der Waals surface area contributed by atoms with Crippen molar-refractivity contribution in [1.82, 2.24) is 20.2 Å². The lowest BCUT2D eigenvalue weighted by molar-refractivity contribution is 0.352. The van der Waals surface area contributed by atoms with Gasteiger partial charge in [0.25, 0.3) is 0 Å². The highest BCUT2D eigenvalue weighted by atomic mass is 15.6. The van der Waals surface area contributed by atoms with Crippen LogP contribution >= 0.6 is 0 Å². The summed E-state index contributed by atoms with van der Waals surface area (Å²) >= 11 is 0. The first-order chi connectivity index (χ1) is 8.11. The predicted octanol–water partition coefficient (Wildman–Crippen LogP) is 1.44. The zero-order valence-electron chi connectivity index (χ0n) is 10.9. The van der Waals surface area contributed by atoms with E-state index in [1.807, 2.05) is 0 Å². The number of aryl methyl sites for hydroxylation is 1.